The van der Waals surface area contributed by atoms with Crippen LogP contribution in [0.5, 0.6) is 0 Å². The Morgan fingerprint density at radius 1 is 1.14 bits per heavy atom. The van der Waals surface area contributed by atoms with Crippen LogP contribution in [0.4, 0.5) is 22.9 Å². The van der Waals surface area contributed by atoms with Gasteiger partial charge in [0.15, 0.2) is 0 Å². The highest BCUT2D eigenvalue weighted by atomic mass is 16.3. The van der Waals surface area contributed by atoms with E-state index in [9.17, 15) is 5.26 Å². The predicted molar refractivity (Wildman–Crippen MR) is 103 cm³/mol. The Kier molecular flexibility index (Phi) is 7.91. The van der Waals surface area contributed by atoms with Crippen molar-refractivity contribution in [1.82, 2.24) is 10.2 Å². The summed E-state index contributed by atoms with van der Waals surface area (Å²) in [6.45, 7) is 1.37. The number of rotatable bonds is 10. The van der Waals surface area contributed by atoms with Crippen molar-refractivity contribution < 1.29 is 10.2 Å². The Bertz CT molecular complexity index is 886. The van der Waals surface area contributed by atoms with E-state index in [1.54, 1.807) is 18.2 Å². The highest BCUT2D eigenvalue weighted by Crippen LogP contribution is 2.30. The molecular weight excluding hydrogens is 360 g/mol. The molecular formula is C18H22N8O2. The van der Waals surface area contributed by atoms with Crippen molar-refractivity contribution in [2.24, 2.45) is 10.2 Å². The third kappa shape index (κ3) is 5.27. The topological polar surface area (TPSA) is 171 Å². The average Bonchev–Trinajstić information content (AvgIpc) is 3.09. The van der Waals surface area contributed by atoms with Gasteiger partial charge in [0, 0.05) is 26.3 Å². The van der Waals surface area contributed by atoms with Gasteiger partial charge in [-0.15, -0.1) is 10.2 Å². The number of aliphatic hydroxyl groups is 2. The number of nitrogens with two attached hydrogens (primary N) is 1. The summed E-state index contributed by atoms with van der Waals surface area (Å²) in [6, 6.07) is 9.10. The van der Waals surface area contributed by atoms with E-state index in [0.717, 1.165) is 5.69 Å². The molecule has 0 aliphatic heterocycles. The van der Waals surface area contributed by atoms with Crippen LogP contribution in [0.25, 0.3) is 0 Å². The number of hydrogen-bond donors (Lipinski definition) is 4. The lowest BCUT2D eigenvalue weighted by Crippen LogP contribution is -2.27. The zero-order valence-electron chi connectivity index (χ0n) is 15.3. The fourth-order valence-electron chi connectivity index (χ4n) is 2.64. The minimum Gasteiger partial charge on any atom is -0.397 e. The molecule has 0 fully saturated rings. The molecule has 2 aromatic rings. The van der Waals surface area contributed by atoms with E-state index in [0.29, 0.717) is 43.0 Å². The van der Waals surface area contributed by atoms with E-state index < -0.39 is 0 Å². The van der Waals surface area contributed by atoms with E-state index >= 15 is 0 Å². The molecule has 5 N–H and O–H groups in total. The van der Waals surface area contributed by atoms with Crippen LogP contribution < -0.4 is 10.6 Å². The molecule has 10 nitrogen and oxygen atoms in total. The number of nitriles is 2. The van der Waals surface area contributed by atoms with Crippen LogP contribution in [0.3, 0.4) is 0 Å². The maximum absolute atomic E-state index is 9.21. The highest BCUT2D eigenvalue weighted by Gasteiger charge is 2.13. The van der Waals surface area contributed by atoms with Gasteiger partial charge < -0.3 is 20.8 Å². The standard InChI is InChI=1S/C18H22N8O2/c19-6-5-16-14(12-20)18(25-23-16)24-22-13-3-4-17(15(21)11-13)26(7-1-9-27)8-2-10-28/h3-4,11,27-28H,1-2,5,7-10,21H2,(H,23,25). The Hall–Kier alpha value is -3.47. The molecule has 1 heterocycles. The summed E-state index contributed by atoms with van der Waals surface area (Å²) in [6.07, 6.45) is 1.21. The predicted octanol–water partition coefficient (Wildman–Crippen LogP) is 1.92. The minimum atomic E-state index is 0.0323. The lowest BCUT2D eigenvalue weighted by atomic mass is 10.2. The Morgan fingerprint density at radius 3 is 2.43 bits per heavy atom. The highest BCUT2D eigenvalue weighted by molar-refractivity contribution is 5.71. The molecule has 0 radical (unpaired) electrons. The molecule has 0 aliphatic rings. The fourth-order valence-corrected chi connectivity index (χ4v) is 2.64. The van der Waals surface area contributed by atoms with Crippen LogP contribution in [0.15, 0.2) is 28.4 Å². The van der Waals surface area contributed by atoms with Gasteiger partial charge in [-0.1, -0.05) is 0 Å². The van der Waals surface area contributed by atoms with Gasteiger partial charge in [-0.25, -0.2) is 0 Å². The number of aromatic nitrogens is 2. The first-order valence-electron chi connectivity index (χ1n) is 8.76. The third-order valence-electron chi connectivity index (χ3n) is 3.97. The Morgan fingerprint density at radius 2 is 1.86 bits per heavy atom. The van der Waals surface area contributed by atoms with Crippen molar-refractivity contribution in [1.29, 1.82) is 10.5 Å². The number of hydrogen-bond acceptors (Lipinski definition) is 9. The van der Waals surface area contributed by atoms with Crippen molar-refractivity contribution in [3.05, 3.63) is 29.5 Å². The summed E-state index contributed by atoms with van der Waals surface area (Å²) in [5.41, 5.74) is 8.50. The number of benzene rings is 1. The van der Waals surface area contributed by atoms with Gasteiger partial charge in [-0.2, -0.15) is 15.6 Å². The molecule has 0 spiro atoms. The molecule has 0 atom stereocenters. The molecule has 10 heteroatoms. The van der Waals surface area contributed by atoms with Gasteiger partial charge in [-0.05, 0) is 31.0 Å². The Labute approximate surface area is 162 Å². The maximum atomic E-state index is 9.21. The van der Waals surface area contributed by atoms with Crippen LogP contribution >= 0.6 is 0 Å². The second-order valence-corrected chi connectivity index (χ2v) is 5.93. The summed E-state index contributed by atoms with van der Waals surface area (Å²) < 4.78 is 0. The number of H-pyrrole nitrogens is 1. The van der Waals surface area contributed by atoms with E-state index in [2.05, 4.69) is 20.4 Å². The normalized spacial score (nSPS) is 10.7. The molecule has 0 saturated carbocycles. The van der Waals surface area contributed by atoms with Gasteiger partial charge in [0.1, 0.15) is 11.6 Å². The SMILES string of the molecule is N#CCc1[nH]nc(N=Nc2ccc(N(CCCO)CCCO)c(N)c2)c1C#N. The molecule has 0 bridgehead atoms. The molecule has 2 rings (SSSR count). The van der Waals surface area contributed by atoms with Crippen LogP contribution in [0.2, 0.25) is 0 Å². The second kappa shape index (κ2) is 10.6. The van der Waals surface area contributed by atoms with Gasteiger partial charge in [0.2, 0.25) is 5.82 Å². The number of aliphatic hydroxyl groups excluding tert-OH is 2. The van der Waals surface area contributed by atoms with Crippen LogP contribution in [-0.4, -0.2) is 46.7 Å². The summed E-state index contributed by atoms with van der Waals surface area (Å²) in [5.74, 6) is 0.114. The van der Waals surface area contributed by atoms with Crippen LogP contribution in [0, 0.1) is 22.7 Å². The number of anilines is 2. The van der Waals surface area contributed by atoms with Crippen molar-refractivity contribution in [2.75, 3.05) is 36.9 Å². The van der Waals surface area contributed by atoms with E-state index in [4.69, 9.17) is 21.2 Å². The summed E-state index contributed by atoms with van der Waals surface area (Å²) in [5, 5.41) is 50.7. The molecule has 0 unspecified atom stereocenters. The Balaban J connectivity index is 2.20. The molecule has 1 aromatic heterocycles. The molecule has 0 amide bonds. The van der Waals surface area contributed by atoms with Crippen molar-refractivity contribution in [2.45, 2.75) is 19.3 Å². The number of aromatic amines is 1. The molecule has 0 saturated heterocycles. The van der Waals surface area contributed by atoms with Crippen molar-refractivity contribution in [3.8, 4) is 12.1 Å². The smallest absolute Gasteiger partial charge is 0.213 e. The largest absolute Gasteiger partial charge is 0.397 e. The number of azo groups is 1. The lowest BCUT2D eigenvalue weighted by molar-refractivity contribution is 0.282. The molecule has 1 aromatic carbocycles. The maximum Gasteiger partial charge on any atom is 0.213 e. The summed E-state index contributed by atoms with van der Waals surface area (Å²) >= 11 is 0. The number of nitrogens with one attached hydrogen (secondary N) is 1. The summed E-state index contributed by atoms with van der Waals surface area (Å²) in [7, 11) is 0. The van der Waals surface area contributed by atoms with Gasteiger partial charge in [0.05, 0.1) is 35.2 Å². The van der Waals surface area contributed by atoms with Crippen molar-refractivity contribution in [3.63, 3.8) is 0 Å². The second-order valence-electron chi connectivity index (χ2n) is 5.93. The summed E-state index contributed by atoms with van der Waals surface area (Å²) in [4.78, 5) is 2.00. The lowest BCUT2D eigenvalue weighted by Gasteiger charge is -2.25. The van der Waals surface area contributed by atoms with Crippen LogP contribution in [-0.2, 0) is 6.42 Å². The quantitative estimate of drug-likeness (QED) is 0.359. The molecule has 0 aliphatic carbocycles. The number of nitrogen functional groups attached to an aromatic ring is 1. The third-order valence-corrected chi connectivity index (χ3v) is 3.97. The van der Waals surface area contributed by atoms with Gasteiger partial charge >= 0.3 is 0 Å². The fraction of sp³-hybridized carbons (Fsp3) is 0.389. The zero-order valence-corrected chi connectivity index (χ0v) is 15.3. The van der Waals surface area contributed by atoms with E-state index in [-0.39, 0.29) is 31.0 Å². The van der Waals surface area contributed by atoms with Crippen molar-refractivity contribution >= 4 is 22.9 Å². The molecule has 146 valence electrons. The average molecular weight is 382 g/mol. The van der Waals surface area contributed by atoms with E-state index in [1.165, 1.54) is 0 Å². The van der Waals surface area contributed by atoms with E-state index in [1.807, 2.05) is 17.0 Å². The first kappa shape index (κ1) is 20.8. The number of nitrogens with zero attached hydrogens (tertiary/aromatic N) is 6. The minimum absolute atomic E-state index is 0.0323. The van der Waals surface area contributed by atoms with Gasteiger partial charge in [0.25, 0.3) is 0 Å². The van der Waals surface area contributed by atoms with Gasteiger partial charge in [-0.3, -0.25) is 5.10 Å². The van der Waals surface area contributed by atoms with Crippen LogP contribution in [0.1, 0.15) is 24.1 Å². The first-order valence-corrected chi connectivity index (χ1v) is 8.76. The monoisotopic (exact) mass is 382 g/mol. The first-order chi connectivity index (χ1) is 13.6. The molecule has 28 heavy (non-hydrogen) atoms. The zero-order chi connectivity index (χ0) is 20.4.